The Bertz CT molecular complexity index is 492. The SMILES string of the molecule is Cc1ccc(C)c([N+]23C=C[N+](C)(C2)C3C)c1. The molecule has 84 valence electrons. The van der Waals surface area contributed by atoms with Gasteiger partial charge >= 0.3 is 0 Å². The topological polar surface area (TPSA) is 0 Å². The Balaban J connectivity index is 2.12. The number of quaternary nitrogens is 2. The molecule has 1 fully saturated rings. The first-order chi connectivity index (χ1) is 7.48. The maximum atomic E-state index is 2.38. The summed E-state index contributed by atoms with van der Waals surface area (Å²) in [6, 6.07) is 6.81. The molecular weight excluding hydrogens is 196 g/mol. The third-order valence-corrected chi connectivity index (χ3v) is 4.55. The van der Waals surface area contributed by atoms with E-state index in [1.807, 2.05) is 0 Å². The van der Waals surface area contributed by atoms with E-state index in [-0.39, 0.29) is 0 Å². The molecule has 1 aromatic rings. The van der Waals surface area contributed by atoms with Crippen molar-refractivity contribution in [3.8, 4) is 0 Å². The van der Waals surface area contributed by atoms with Crippen molar-refractivity contribution in [2.45, 2.75) is 26.9 Å². The van der Waals surface area contributed by atoms with Gasteiger partial charge in [0.25, 0.3) is 0 Å². The normalized spacial score (nSPS) is 39.9. The summed E-state index contributed by atoms with van der Waals surface area (Å²) in [5, 5.41) is 0. The number of rotatable bonds is 1. The van der Waals surface area contributed by atoms with Crippen LogP contribution in [0.5, 0.6) is 0 Å². The van der Waals surface area contributed by atoms with E-state index in [0.29, 0.717) is 6.17 Å². The van der Waals surface area contributed by atoms with E-state index in [1.165, 1.54) is 23.5 Å². The third kappa shape index (κ3) is 0.989. The lowest BCUT2D eigenvalue weighted by molar-refractivity contribution is -0.941. The second kappa shape index (κ2) is 2.76. The minimum atomic E-state index is 0.639. The van der Waals surface area contributed by atoms with Crippen molar-refractivity contribution < 1.29 is 4.48 Å². The van der Waals surface area contributed by atoms with Crippen LogP contribution >= 0.6 is 0 Å². The van der Waals surface area contributed by atoms with Crippen LogP contribution in [-0.4, -0.2) is 24.4 Å². The van der Waals surface area contributed by atoms with Gasteiger partial charge in [-0.3, -0.25) is 0 Å². The standard InChI is InChI=1S/C14H20N2/c1-11-5-6-12(2)14(9-11)16-8-7-15(4,10-16)13(16)3/h5-9,13H,10H2,1-4H3/q+2. The van der Waals surface area contributed by atoms with Gasteiger partial charge in [-0.05, 0) is 19.4 Å². The highest BCUT2D eigenvalue weighted by Crippen LogP contribution is 2.48. The lowest BCUT2D eigenvalue weighted by Gasteiger charge is -2.51. The monoisotopic (exact) mass is 216 g/mol. The van der Waals surface area contributed by atoms with Crippen LogP contribution in [0.3, 0.4) is 0 Å². The molecule has 2 bridgehead atoms. The smallest absolute Gasteiger partial charge is 0.199 e. The van der Waals surface area contributed by atoms with E-state index in [0.717, 1.165) is 8.97 Å². The third-order valence-electron chi connectivity index (χ3n) is 4.55. The zero-order valence-electron chi connectivity index (χ0n) is 10.6. The minimum absolute atomic E-state index is 0.639. The average molecular weight is 216 g/mol. The number of hydrogen-bond donors (Lipinski definition) is 0. The molecule has 0 aromatic heterocycles. The second-order valence-electron chi connectivity index (χ2n) is 5.64. The maximum absolute atomic E-state index is 2.38. The highest BCUT2D eigenvalue weighted by Gasteiger charge is 2.66. The van der Waals surface area contributed by atoms with Crippen molar-refractivity contribution in [2.24, 2.45) is 0 Å². The summed E-state index contributed by atoms with van der Waals surface area (Å²) in [5.41, 5.74) is 4.26. The molecule has 1 aromatic carbocycles. The Labute approximate surface area is 97.6 Å². The fourth-order valence-electron chi connectivity index (χ4n) is 3.26. The molecular formula is C14H20N2+2. The first-order valence-corrected chi connectivity index (χ1v) is 5.98. The van der Waals surface area contributed by atoms with Crippen LogP contribution in [0.25, 0.3) is 0 Å². The molecule has 0 aliphatic carbocycles. The van der Waals surface area contributed by atoms with Gasteiger partial charge in [0.05, 0.1) is 7.05 Å². The van der Waals surface area contributed by atoms with Crippen molar-refractivity contribution in [3.05, 3.63) is 41.7 Å². The predicted molar refractivity (Wildman–Crippen MR) is 67.4 cm³/mol. The molecule has 3 aliphatic rings. The molecule has 0 amide bonds. The summed E-state index contributed by atoms with van der Waals surface area (Å²) < 4.78 is 2.14. The molecule has 3 aliphatic heterocycles. The van der Waals surface area contributed by atoms with E-state index < -0.39 is 0 Å². The first kappa shape index (κ1) is 10.1. The van der Waals surface area contributed by atoms with E-state index in [1.54, 1.807) is 0 Å². The molecule has 1 saturated heterocycles. The number of nitrogens with zero attached hydrogens (tertiary/aromatic N) is 2. The van der Waals surface area contributed by atoms with Gasteiger partial charge in [-0.1, -0.05) is 12.1 Å². The van der Waals surface area contributed by atoms with Crippen molar-refractivity contribution in [1.82, 2.24) is 4.48 Å². The molecule has 3 atom stereocenters. The number of benzene rings is 1. The Hall–Kier alpha value is -1.12. The molecule has 0 spiro atoms. The van der Waals surface area contributed by atoms with Gasteiger partial charge in [-0.2, -0.15) is 8.97 Å². The molecule has 2 nitrogen and oxygen atoms in total. The minimum Gasteiger partial charge on any atom is -0.199 e. The molecule has 0 radical (unpaired) electrons. The summed E-state index contributed by atoms with van der Waals surface area (Å²) in [6.07, 6.45) is 5.37. The molecule has 0 N–H and O–H groups in total. The van der Waals surface area contributed by atoms with E-state index in [4.69, 9.17) is 0 Å². The maximum Gasteiger partial charge on any atom is 0.235 e. The number of hydrogen-bond acceptors (Lipinski definition) is 0. The molecule has 16 heavy (non-hydrogen) atoms. The highest BCUT2D eigenvalue weighted by molar-refractivity contribution is 5.55. The zero-order chi connectivity index (χ0) is 11.6. The Kier molecular flexibility index (Phi) is 1.74. The molecule has 3 unspecified atom stereocenters. The summed E-state index contributed by atoms with van der Waals surface area (Å²) in [5.74, 6) is 0. The lowest BCUT2D eigenvalue weighted by Crippen LogP contribution is -2.76. The molecule has 0 saturated carbocycles. The van der Waals surface area contributed by atoms with Gasteiger partial charge in [0.15, 0.2) is 12.4 Å². The van der Waals surface area contributed by atoms with Crippen LogP contribution in [0.2, 0.25) is 0 Å². The Morgan fingerprint density at radius 2 is 1.94 bits per heavy atom. The lowest BCUT2D eigenvalue weighted by atomic mass is 10.1. The fourth-order valence-corrected chi connectivity index (χ4v) is 3.26. The molecule has 4 rings (SSSR count). The Morgan fingerprint density at radius 3 is 2.50 bits per heavy atom. The average Bonchev–Trinajstić information content (AvgIpc) is 2.73. The quantitative estimate of drug-likeness (QED) is 0.633. The summed E-state index contributed by atoms with van der Waals surface area (Å²) in [6.45, 7) is 7.94. The van der Waals surface area contributed by atoms with Crippen LogP contribution in [0.1, 0.15) is 18.1 Å². The summed E-state index contributed by atoms with van der Waals surface area (Å²) in [7, 11) is 2.32. The van der Waals surface area contributed by atoms with Crippen LogP contribution in [0.15, 0.2) is 30.6 Å². The van der Waals surface area contributed by atoms with Gasteiger partial charge in [-0.25, -0.2) is 0 Å². The van der Waals surface area contributed by atoms with E-state index >= 15 is 0 Å². The van der Waals surface area contributed by atoms with Crippen LogP contribution < -0.4 is 4.48 Å². The summed E-state index contributed by atoms with van der Waals surface area (Å²) >= 11 is 0. The van der Waals surface area contributed by atoms with E-state index in [2.05, 4.69) is 58.4 Å². The second-order valence-corrected chi connectivity index (χ2v) is 5.64. The van der Waals surface area contributed by atoms with Gasteiger partial charge in [0.1, 0.15) is 5.69 Å². The molecule has 3 heterocycles. The van der Waals surface area contributed by atoms with Gasteiger partial charge in [-0.15, -0.1) is 0 Å². The Morgan fingerprint density at radius 1 is 1.19 bits per heavy atom. The van der Waals surface area contributed by atoms with E-state index in [9.17, 15) is 0 Å². The van der Waals surface area contributed by atoms with Crippen molar-refractivity contribution in [2.75, 3.05) is 13.7 Å². The van der Waals surface area contributed by atoms with Crippen LogP contribution in [0, 0.1) is 13.8 Å². The van der Waals surface area contributed by atoms with Gasteiger partial charge in [0.2, 0.25) is 12.8 Å². The van der Waals surface area contributed by atoms with Crippen LogP contribution in [0.4, 0.5) is 5.69 Å². The predicted octanol–water partition coefficient (Wildman–Crippen LogP) is 2.86. The summed E-state index contributed by atoms with van der Waals surface area (Å²) in [4.78, 5) is 0. The largest absolute Gasteiger partial charge is 0.235 e. The fraction of sp³-hybridized carbons (Fsp3) is 0.429. The van der Waals surface area contributed by atoms with Crippen molar-refractivity contribution in [1.29, 1.82) is 0 Å². The van der Waals surface area contributed by atoms with Gasteiger partial charge < -0.3 is 0 Å². The zero-order valence-corrected chi connectivity index (χ0v) is 10.6. The van der Waals surface area contributed by atoms with Crippen molar-refractivity contribution in [3.63, 3.8) is 0 Å². The highest BCUT2D eigenvalue weighted by atomic mass is 15.7. The first-order valence-electron chi connectivity index (χ1n) is 5.98. The number of aryl methyl sites for hydroxylation is 2. The van der Waals surface area contributed by atoms with Crippen LogP contribution in [-0.2, 0) is 0 Å². The van der Waals surface area contributed by atoms with Crippen molar-refractivity contribution >= 4 is 5.69 Å². The van der Waals surface area contributed by atoms with Gasteiger partial charge in [0, 0.05) is 18.6 Å². The molecule has 2 heteroatoms.